The third kappa shape index (κ3) is 2.92. The highest BCUT2D eigenvalue weighted by Gasteiger charge is 2.39. The van der Waals surface area contributed by atoms with Crippen LogP contribution >= 0.6 is 0 Å². The van der Waals surface area contributed by atoms with Crippen LogP contribution in [0.1, 0.15) is 5.56 Å². The number of hydrogen-bond donors (Lipinski definition) is 0. The van der Waals surface area contributed by atoms with E-state index >= 15 is 0 Å². The van der Waals surface area contributed by atoms with Gasteiger partial charge >= 0.3 is 16.2 Å². The van der Waals surface area contributed by atoms with Crippen LogP contribution in [0.25, 0.3) is 0 Å². The van der Waals surface area contributed by atoms with Gasteiger partial charge in [-0.15, -0.1) is 0 Å². The van der Waals surface area contributed by atoms with Gasteiger partial charge in [0.05, 0.1) is 11.4 Å². The van der Waals surface area contributed by atoms with Gasteiger partial charge in [0.1, 0.15) is 19.0 Å². The lowest BCUT2D eigenvalue weighted by atomic mass is 10.2. The van der Waals surface area contributed by atoms with Gasteiger partial charge in [-0.2, -0.15) is 8.42 Å². The van der Waals surface area contributed by atoms with Crippen LogP contribution in [-0.2, 0) is 26.3 Å². The van der Waals surface area contributed by atoms with Crippen LogP contribution in [0.5, 0.6) is 0 Å². The quantitative estimate of drug-likeness (QED) is 0.792. The normalized spacial score (nSPS) is 15.2. The molecule has 0 unspecified atom stereocenters. The number of rotatable bonds is 4. The first kappa shape index (κ1) is 16.3. The highest BCUT2D eigenvalue weighted by atomic mass is 32.2. The molecule has 1 heterocycles. The number of benzene rings is 2. The summed E-state index contributed by atoms with van der Waals surface area (Å²) < 4.78 is 45.2. The Morgan fingerprint density at radius 3 is 2.54 bits per heavy atom. The number of ether oxygens (including phenoxy) is 1. The van der Waals surface area contributed by atoms with Crippen LogP contribution in [0.4, 0.5) is 15.8 Å². The van der Waals surface area contributed by atoms with Crippen LogP contribution in [0.15, 0.2) is 48.5 Å². The molecular formula is C16H15FN2O4S. The molecule has 1 aliphatic rings. The van der Waals surface area contributed by atoms with E-state index in [1.165, 1.54) is 19.2 Å². The summed E-state index contributed by atoms with van der Waals surface area (Å²) in [6.45, 7) is -0.477. The summed E-state index contributed by atoms with van der Waals surface area (Å²) in [5.41, 5.74) is 1.22. The van der Waals surface area contributed by atoms with Crippen molar-refractivity contribution in [2.24, 2.45) is 0 Å². The second-order valence-corrected chi connectivity index (χ2v) is 7.15. The number of carbonyl (C=O) groups excluding carboxylic acids is 1. The van der Waals surface area contributed by atoms with E-state index in [4.69, 9.17) is 4.74 Å². The van der Waals surface area contributed by atoms with Gasteiger partial charge in [0.2, 0.25) is 0 Å². The number of fused-ring (bicyclic) bond motifs is 1. The molecule has 0 spiro atoms. The third-order valence-corrected chi connectivity index (χ3v) is 5.46. The van der Waals surface area contributed by atoms with Gasteiger partial charge in [0.25, 0.3) is 0 Å². The monoisotopic (exact) mass is 350 g/mol. The molecule has 0 amide bonds. The maximum Gasteiger partial charge on any atom is 0.327 e. The Labute approximate surface area is 139 Å². The van der Waals surface area contributed by atoms with Gasteiger partial charge < -0.3 is 4.74 Å². The molecule has 0 fully saturated rings. The standard InChI is InChI=1S/C16H15FN2O4S/c1-18-14-8-7-13(17)9-15(14)19(24(18,21)22)10-16(20)23-11-12-5-3-2-4-6-12/h2-9H,10-11H2,1H3. The molecule has 6 nitrogen and oxygen atoms in total. The highest BCUT2D eigenvalue weighted by molar-refractivity contribution is 7.94. The molecule has 3 rings (SSSR count). The second-order valence-electron chi connectivity index (χ2n) is 5.26. The van der Waals surface area contributed by atoms with Gasteiger partial charge in [-0.25, -0.2) is 8.70 Å². The predicted octanol–water partition coefficient (Wildman–Crippen LogP) is 2.07. The maximum absolute atomic E-state index is 13.5. The van der Waals surface area contributed by atoms with E-state index in [0.717, 1.165) is 20.2 Å². The van der Waals surface area contributed by atoms with Crippen LogP contribution < -0.4 is 8.61 Å². The molecule has 0 bridgehead atoms. The van der Waals surface area contributed by atoms with Gasteiger partial charge in [-0.3, -0.25) is 9.10 Å². The fraction of sp³-hybridized carbons (Fsp3) is 0.188. The Bertz CT molecular complexity index is 871. The number of nitrogens with zero attached hydrogens (tertiary/aromatic N) is 2. The van der Waals surface area contributed by atoms with Crippen molar-refractivity contribution in [1.29, 1.82) is 0 Å². The number of hydrogen-bond acceptors (Lipinski definition) is 4. The summed E-state index contributed by atoms with van der Waals surface area (Å²) in [7, 11) is -2.57. The lowest BCUT2D eigenvalue weighted by Crippen LogP contribution is -2.39. The smallest absolute Gasteiger partial charge is 0.327 e. The van der Waals surface area contributed by atoms with E-state index < -0.39 is 28.5 Å². The first-order chi connectivity index (χ1) is 11.4. The van der Waals surface area contributed by atoms with E-state index in [0.29, 0.717) is 5.69 Å². The van der Waals surface area contributed by atoms with Crippen molar-refractivity contribution in [3.05, 3.63) is 59.9 Å². The molecule has 0 aliphatic carbocycles. The van der Waals surface area contributed by atoms with Crippen molar-refractivity contribution >= 4 is 27.6 Å². The molecule has 0 N–H and O–H groups in total. The van der Waals surface area contributed by atoms with Gasteiger partial charge in [-0.1, -0.05) is 30.3 Å². The summed E-state index contributed by atoms with van der Waals surface area (Å²) in [4.78, 5) is 12.0. The average Bonchev–Trinajstić information content (AvgIpc) is 2.74. The third-order valence-electron chi connectivity index (χ3n) is 3.69. The molecule has 8 heteroatoms. The van der Waals surface area contributed by atoms with E-state index in [1.54, 1.807) is 12.1 Å². The number of carbonyl (C=O) groups is 1. The molecular weight excluding hydrogens is 335 g/mol. The van der Waals surface area contributed by atoms with Gasteiger partial charge in [-0.05, 0) is 17.7 Å². The van der Waals surface area contributed by atoms with Crippen LogP contribution in [0, 0.1) is 5.82 Å². The summed E-state index contributed by atoms with van der Waals surface area (Å²) in [5, 5.41) is 0. The zero-order valence-corrected chi connectivity index (χ0v) is 13.7. The van der Waals surface area contributed by atoms with E-state index in [9.17, 15) is 17.6 Å². The Kier molecular flexibility index (Phi) is 4.15. The lowest BCUT2D eigenvalue weighted by molar-refractivity contribution is -0.143. The van der Waals surface area contributed by atoms with E-state index in [-0.39, 0.29) is 12.3 Å². The largest absolute Gasteiger partial charge is 0.459 e. The van der Waals surface area contributed by atoms with E-state index in [1.807, 2.05) is 18.2 Å². The van der Waals surface area contributed by atoms with Gasteiger partial charge in [0.15, 0.2) is 0 Å². The van der Waals surface area contributed by atoms with Crippen LogP contribution in [-0.4, -0.2) is 28.0 Å². The van der Waals surface area contributed by atoms with Crippen LogP contribution in [0.2, 0.25) is 0 Å². The highest BCUT2D eigenvalue weighted by Crippen LogP contribution is 2.39. The van der Waals surface area contributed by atoms with Crippen molar-refractivity contribution < 1.29 is 22.3 Å². The summed E-state index contributed by atoms with van der Waals surface area (Å²) in [5.74, 6) is -1.30. The lowest BCUT2D eigenvalue weighted by Gasteiger charge is -2.18. The molecule has 2 aromatic rings. The SMILES string of the molecule is CN1c2ccc(F)cc2N(CC(=O)OCc2ccccc2)S1(=O)=O. The fourth-order valence-corrected chi connectivity index (χ4v) is 3.79. The fourth-order valence-electron chi connectivity index (χ4n) is 2.43. The predicted molar refractivity (Wildman–Crippen MR) is 87.3 cm³/mol. The van der Waals surface area contributed by atoms with Crippen molar-refractivity contribution in [3.63, 3.8) is 0 Å². The minimum atomic E-state index is -3.92. The van der Waals surface area contributed by atoms with Crippen molar-refractivity contribution in [3.8, 4) is 0 Å². The summed E-state index contributed by atoms with van der Waals surface area (Å²) >= 11 is 0. The minimum absolute atomic E-state index is 0.0411. The average molecular weight is 350 g/mol. The molecule has 126 valence electrons. The molecule has 0 aromatic heterocycles. The van der Waals surface area contributed by atoms with E-state index in [2.05, 4.69) is 0 Å². The van der Waals surface area contributed by atoms with Gasteiger partial charge in [0, 0.05) is 13.1 Å². The Hall–Kier alpha value is -2.61. The molecule has 24 heavy (non-hydrogen) atoms. The molecule has 0 saturated carbocycles. The zero-order valence-electron chi connectivity index (χ0n) is 12.8. The number of esters is 1. The minimum Gasteiger partial charge on any atom is -0.459 e. The molecule has 0 saturated heterocycles. The maximum atomic E-state index is 13.5. The molecule has 0 radical (unpaired) electrons. The van der Waals surface area contributed by atoms with Crippen molar-refractivity contribution in [2.75, 3.05) is 22.2 Å². The Morgan fingerprint density at radius 2 is 1.83 bits per heavy atom. The molecule has 2 aromatic carbocycles. The Balaban J connectivity index is 1.77. The second kappa shape index (κ2) is 6.12. The summed E-state index contributed by atoms with van der Waals surface area (Å²) in [6, 6.07) is 12.6. The first-order valence-corrected chi connectivity index (χ1v) is 8.55. The Morgan fingerprint density at radius 1 is 1.12 bits per heavy atom. The first-order valence-electron chi connectivity index (χ1n) is 7.15. The molecule has 1 aliphatic heterocycles. The number of anilines is 2. The number of halogens is 1. The topological polar surface area (TPSA) is 66.9 Å². The summed E-state index contributed by atoms with van der Waals surface area (Å²) in [6.07, 6.45) is 0. The van der Waals surface area contributed by atoms with Crippen LogP contribution in [0.3, 0.4) is 0 Å². The molecule has 0 atom stereocenters. The zero-order chi connectivity index (χ0) is 17.3. The van der Waals surface area contributed by atoms with Crippen molar-refractivity contribution in [1.82, 2.24) is 0 Å². The van der Waals surface area contributed by atoms with Crippen molar-refractivity contribution in [2.45, 2.75) is 6.61 Å².